The van der Waals surface area contributed by atoms with Crippen LogP contribution >= 0.6 is 47.2 Å². The van der Waals surface area contributed by atoms with Crippen molar-refractivity contribution in [2.75, 3.05) is 25.4 Å². The number of halogens is 3. The van der Waals surface area contributed by atoms with Crippen molar-refractivity contribution in [3.8, 4) is 0 Å². The second-order valence-corrected chi connectivity index (χ2v) is 10.5. The van der Waals surface area contributed by atoms with Crippen molar-refractivity contribution in [1.82, 2.24) is 10.6 Å². The van der Waals surface area contributed by atoms with Crippen LogP contribution in [0.15, 0.2) is 23.2 Å². The first-order valence-corrected chi connectivity index (χ1v) is 10.8. The van der Waals surface area contributed by atoms with E-state index in [1.165, 1.54) is 0 Å². The summed E-state index contributed by atoms with van der Waals surface area (Å²) in [5.41, 5.74) is 0.567. The molecule has 0 saturated carbocycles. The number of aliphatic hydroxyl groups excluding tert-OH is 1. The van der Waals surface area contributed by atoms with Gasteiger partial charge in [0.25, 0.3) is 0 Å². The van der Waals surface area contributed by atoms with E-state index in [0.717, 1.165) is 0 Å². The molecule has 156 valence electrons. The number of benzene rings is 1. The highest BCUT2D eigenvalue weighted by molar-refractivity contribution is 14.0. The zero-order valence-corrected chi connectivity index (χ0v) is 20.6. The number of aliphatic imine (C=N–C) groups is 1. The number of rotatable bonds is 7. The predicted octanol–water partition coefficient (Wildman–Crippen LogP) is 3.41. The van der Waals surface area contributed by atoms with Gasteiger partial charge in [-0.3, -0.25) is 4.99 Å². The third kappa shape index (κ3) is 9.17. The fourth-order valence-electron chi connectivity index (χ4n) is 2.00. The maximum absolute atomic E-state index is 12.1. The van der Waals surface area contributed by atoms with Crippen molar-refractivity contribution in [2.45, 2.75) is 38.5 Å². The molecule has 27 heavy (non-hydrogen) atoms. The Labute approximate surface area is 189 Å². The second-order valence-electron chi connectivity index (χ2n) is 6.80. The minimum atomic E-state index is -3.22. The lowest BCUT2D eigenvalue weighted by molar-refractivity contribution is 0.187. The first kappa shape index (κ1) is 26.7. The molecule has 0 bridgehead atoms. The Bertz CT molecular complexity index is 717. The molecule has 3 N–H and O–H groups in total. The molecule has 6 nitrogen and oxygen atoms in total. The maximum atomic E-state index is 12.1. The molecule has 0 saturated heterocycles. The van der Waals surface area contributed by atoms with Gasteiger partial charge in [0.05, 0.1) is 23.1 Å². The molecular formula is C17H28Cl2IN3O3S. The lowest BCUT2D eigenvalue weighted by atomic mass is 10.1. The fourth-order valence-corrected chi connectivity index (χ4v) is 3.53. The Balaban J connectivity index is 0.00000676. The van der Waals surface area contributed by atoms with E-state index in [-0.39, 0.29) is 42.8 Å². The fraction of sp³-hybridized carbons (Fsp3) is 0.588. The summed E-state index contributed by atoms with van der Waals surface area (Å²) < 4.78 is 23.5. The van der Waals surface area contributed by atoms with Crippen molar-refractivity contribution in [3.05, 3.63) is 33.8 Å². The highest BCUT2D eigenvalue weighted by Gasteiger charge is 2.28. The minimum Gasteiger partial charge on any atom is -0.386 e. The average Bonchev–Trinajstić information content (AvgIpc) is 2.50. The van der Waals surface area contributed by atoms with E-state index >= 15 is 0 Å². The van der Waals surface area contributed by atoms with Gasteiger partial charge in [-0.15, -0.1) is 24.0 Å². The zero-order chi connectivity index (χ0) is 20.0. The van der Waals surface area contributed by atoms with Gasteiger partial charge in [0, 0.05) is 23.1 Å². The number of nitrogens with zero attached hydrogens (tertiary/aromatic N) is 1. The summed E-state index contributed by atoms with van der Waals surface area (Å²) in [4.78, 5) is 4.29. The third-order valence-corrected chi connectivity index (χ3v) is 6.68. The van der Waals surface area contributed by atoms with Crippen LogP contribution in [0.4, 0.5) is 0 Å². The zero-order valence-electron chi connectivity index (χ0n) is 15.9. The van der Waals surface area contributed by atoms with Gasteiger partial charge in [0.2, 0.25) is 0 Å². The van der Waals surface area contributed by atoms with E-state index in [9.17, 15) is 13.5 Å². The van der Waals surface area contributed by atoms with Crippen LogP contribution < -0.4 is 10.6 Å². The van der Waals surface area contributed by atoms with Gasteiger partial charge in [-0.2, -0.15) is 0 Å². The van der Waals surface area contributed by atoms with Crippen LogP contribution in [0.2, 0.25) is 10.0 Å². The molecule has 0 spiro atoms. The SMILES string of the molecule is CCNC(=NCC(O)c1cc(Cl)cc(Cl)c1)NCCS(=O)(=O)C(C)(C)C.I. The Morgan fingerprint density at radius 1 is 1.19 bits per heavy atom. The second kappa shape index (κ2) is 11.6. The Morgan fingerprint density at radius 3 is 2.22 bits per heavy atom. The van der Waals surface area contributed by atoms with Gasteiger partial charge < -0.3 is 15.7 Å². The largest absolute Gasteiger partial charge is 0.386 e. The van der Waals surface area contributed by atoms with E-state index in [2.05, 4.69) is 15.6 Å². The normalized spacial score (nSPS) is 13.7. The monoisotopic (exact) mass is 551 g/mol. The van der Waals surface area contributed by atoms with E-state index < -0.39 is 20.7 Å². The number of aliphatic hydroxyl groups is 1. The molecule has 1 atom stereocenters. The maximum Gasteiger partial charge on any atom is 0.191 e. The van der Waals surface area contributed by atoms with E-state index in [1.54, 1.807) is 39.0 Å². The molecule has 1 unspecified atom stereocenters. The Hall–Kier alpha value is -0.290. The van der Waals surface area contributed by atoms with Crippen LogP contribution in [0.25, 0.3) is 0 Å². The molecule has 0 heterocycles. The van der Waals surface area contributed by atoms with Gasteiger partial charge >= 0.3 is 0 Å². The summed E-state index contributed by atoms with van der Waals surface area (Å²) in [5, 5.41) is 17.1. The molecule has 0 radical (unpaired) electrons. The Kier molecular flexibility index (Phi) is 11.5. The molecule has 0 aliphatic rings. The van der Waals surface area contributed by atoms with Gasteiger partial charge in [-0.25, -0.2) is 8.42 Å². The summed E-state index contributed by atoms with van der Waals surface area (Å²) in [5.74, 6) is 0.427. The third-order valence-electron chi connectivity index (χ3n) is 3.63. The van der Waals surface area contributed by atoms with Gasteiger partial charge in [0.1, 0.15) is 0 Å². The van der Waals surface area contributed by atoms with Crippen LogP contribution in [-0.2, 0) is 9.84 Å². The molecule has 0 aliphatic heterocycles. The standard InChI is InChI=1S/C17H27Cl2N3O3S.HI/c1-5-20-16(21-6-7-26(24,25)17(2,3)4)22-11-15(23)12-8-13(18)10-14(19)9-12;/h8-10,15,23H,5-7,11H2,1-4H3,(H2,20,21,22);1H. The molecular weight excluding hydrogens is 524 g/mol. The van der Waals surface area contributed by atoms with E-state index in [1.807, 2.05) is 6.92 Å². The van der Waals surface area contributed by atoms with Crippen LogP contribution in [0.3, 0.4) is 0 Å². The molecule has 1 aromatic carbocycles. The molecule has 0 fully saturated rings. The number of hydrogen-bond donors (Lipinski definition) is 3. The molecule has 10 heteroatoms. The lowest BCUT2D eigenvalue weighted by Crippen LogP contribution is -2.42. The van der Waals surface area contributed by atoms with Crippen LogP contribution in [0, 0.1) is 0 Å². The van der Waals surface area contributed by atoms with Crippen molar-refractivity contribution in [1.29, 1.82) is 0 Å². The van der Waals surface area contributed by atoms with Crippen LogP contribution in [0.5, 0.6) is 0 Å². The van der Waals surface area contributed by atoms with Crippen molar-refractivity contribution < 1.29 is 13.5 Å². The highest BCUT2D eigenvalue weighted by atomic mass is 127. The average molecular weight is 552 g/mol. The van der Waals surface area contributed by atoms with E-state index in [4.69, 9.17) is 23.2 Å². The van der Waals surface area contributed by atoms with Crippen molar-refractivity contribution in [3.63, 3.8) is 0 Å². The number of nitrogens with one attached hydrogen (secondary N) is 2. The molecule has 0 aromatic heterocycles. The van der Waals surface area contributed by atoms with E-state index in [0.29, 0.717) is 28.1 Å². The summed E-state index contributed by atoms with van der Waals surface area (Å²) in [6, 6.07) is 4.84. The summed E-state index contributed by atoms with van der Waals surface area (Å²) >= 11 is 11.9. The lowest BCUT2D eigenvalue weighted by Gasteiger charge is -2.20. The quantitative estimate of drug-likeness (QED) is 0.274. The summed E-state index contributed by atoms with van der Waals surface area (Å²) in [7, 11) is -3.22. The first-order chi connectivity index (χ1) is 12.0. The summed E-state index contributed by atoms with van der Waals surface area (Å²) in [6.45, 7) is 7.84. The minimum absolute atomic E-state index is 0. The topological polar surface area (TPSA) is 90.8 Å². The van der Waals surface area contributed by atoms with Gasteiger partial charge in [-0.1, -0.05) is 23.2 Å². The first-order valence-electron chi connectivity index (χ1n) is 8.35. The molecule has 0 amide bonds. The molecule has 1 rings (SSSR count). The van der Waals surface area contributed by atoms with Crippen LogP contribution in [0.1, 0.15) is 39.4 Å². The molecule has 0 aliphatic carbocycles. The number of sulfone groups is 1. The molecule has 1 aromatic rings. The van der Waals surface area contributed by atoms with Crippen molar-refractivity contribution in [2.24, 2.45) is 4.99 Å². The Morgan fingerprint density at radius 2 is 1.74 bits per heavy atom. The predicted molar refractivity (Wildman–Crippen MR) is 124 cm³/mol. The smallest absolute Gasteiger partial charge is 0.191 e. The number of guanidine groups is 1. The summed E-state index contributed by atoms with van der Waals surface area (Å²) in [6.07, 6.45) is -0.875. The van der Waals surface area contributed by atoms with Crippen LogP contribution in [-0.4, -0.2) is 49.6 Å². The highest BCUT2D eigenvalue weighted by Crippen LogP contribution is 2.23. The van der Waals surface area contributed by atoms with Gasteiger partial charge in [-0.05, 0) is 51.5 Å². The van der Waals surface area contributed by atoms with Crippen molar-refractivity contribution >= 4 is 63.0 Å². The van der Waals surface area contributed by atoms with Gasteiger partial charge in [0.15, 0.2) is 15.8 Å². The number of hydrogen-bond acceptors (Lipinski definition) is 4.